The number of hydrogen-bond acceptors (Lipinski definition) is 3. The molecule has 1 atom stereocenters. The van der Waals surface area contributed by atoms with Gasteiger partial charge in [0, 0.05) is 17.5 Å². The summed E-state index contributed by atoms with van der Waals surface area (Å²) >= 11 is 0. The minimum Gasteiger partial charge on any atom is -0.493 e. The number of rotatable bonds is 5. The van der Waals surface area contributed by atoms with E-state index in [1.807, 2.05) is 19.1 Å². The van der Waals surface area contributed by atoms with Gasteiger partial charge in [-0.15, -0.1) is 0 Å². The van der Waals surface area contributed by atoms with Crippen molar-refractivity contribution in [3.05, 3.63) is 53.6 Å². The van der Waals surface area contributed by atoms with E-state index in [9.17, 15) is 0 Å². The second-order valence-corrected chi connectivity index (χ2v) is 5.05. The van der Waals surface area contributed by atoms with Crippen molar-refractivity contribution in [3.8, 4) is 17.2 Å². The Labute approximate surface area is 125 Å². The van der Waals surface area contributed by atoms with E-state index < -0.39 is 0 Å². The van der Waals surface area contributed by atoms with Crippen molar-refractivity contribution in [2.24, 2.45) is 0 Å². The Morgan fingerprint density at radius 2 is 1.76 bits per heavy atom. The van der Waals surface area contributed by atoms with Crippen LogP contribution in [0.25, 0.3) is 0 Å². The van der Waals surface area contributed by atoms with E-state index in [0.29, 0.717) is 12.5 Å². The van der Waals surface area contributed by atoms with Gasteiger partial charge in [0.1, 0.15) is 5.75 Å². The Morgan fingerprint density at radius 3 is 2.43 bits per heavy atom. The lowest BCUT2D eigenvalue weighted by Crippen LogP contribution is -2.04. The highest BCUT2D eigenvalue weighted by Gasteiger charge is 2.23. The Morgan fingerprint density at radius 1 is 1.05 bits per heavy atom. The molecule has 1 aliphatic rings. The molecule has 0 amide bonds. The third-order valence-corrected chi connectivity index (χ3v) is 3.79. The summed E-state index contributed by atoms with van der Waals surface area (Å²) in [6, 6.07) is 14.5. The SMILES string of the molecule is CCOc1cc2c(cc1[C@@H](CC)c1ccccc1)OCO2. The van der Waals surface area contributed by atoms with E-state index in [1.54, 1.807) is 0 Å². The highest BCUT2D eigenvalue weighted by atomic mass is 16.7. The Balaban J connectivity index is 2.06. The molecule has 0 aliphatic carbocycles. The third kappa shape index (κ3) is 2.68. The molecule has 3 rings (SSSR count). The van der Waals surface area contributed by atoms with E-state index in [-0.39, 0.29) is 6.79 Å². The Kier molecular flexibility index (Phi) is 4.00. The molecule has 0 aromatic heterocycles. The van der Waals surface area contributed by atoms with Gasteiger partial charge in [-0.1, -0.05) is 37.3 Å². The van der Waals surface area contributed by atoms with E-state index in [1.165, 1.54) is 5.56 Å². The standard InChI is InChI=1S/C18H20O3/c1-3-14(13-8-6-5-7-9-13)15-10-17-18(21-12-20-17)11-16(15)19-4-2/h5-11,14H,3-4,12H2,1-2H3/t14-/m0/s1. The van der Waals surface area contributed by atoms with Gasteiger partial charge in [0.15, 0.2) is 11.5 Å². The lowest BCUT2D eigenvalue weighted by atomic mass is 9.88. The van der Waals surface area contributed by atoms with Crippen LogP contribution in [0.5, 0.6) is 17.2 Å². The van der Waals surface area contributed by atoms with Gasteiger partial charge in [-0.05, 0) is 25.0 Å². The second-order valence-electron chi connectivity index (χ2n) is 5.05. The average Bonchev–Trinajstić information content (AvgIpc) is 2.97. The zero-order valence-electron chi connectivity index (χ0n) is 12.5. The quantitative estimate of drug-likeness (QED) is 0.816. The van der Waals surface area contributed by atoms with E-state index in [4.69, 9.17) is 14.2 Å². The molecule has 3 nitrogen and oxygen atoms in total. The molecule has 0 unspecified atom stereocenters. The minimum atomic E-state index is 0.284. The molecule has 0 radical (unpaired) electrons. The van der Waals surface area contributed by atoms with Crippen LogP contribution in [0, 0.1) is 0 Å². The normalized spacial score (nSPS) is 14.0. The first kappa shape index (κ1) is 13.8. The van der Waals surface area contributed by atoms with E-state index in [2.05, 4.69) is 37.3 Å². The molecule has 0 saturated carbocycles. The van der Waals surface area contributed by atoms with Crippen LogP contribution >= 0.6 is 0 Å². The van der Waals surface area contributed by atoms with Crippen molar-refractivity contribution >= 4 is 0 Å². The van der Waals surface area contributed by atoms with Gasteiger partial charge in [0.05, 0.1) is 6.61 Å². The van der Waals surface area contributed by atoms with Gasteiger partial charge < -0.3 is 14.2 Å². The van der Waals surface area contributed by atoms with Gasteiger partial charge in [-0.2, -0.15) is 0 Å². The molecule has 0 fully saturated rings. The van der Waals surface area contributed by atoms with Crippen LogP contribution in [-0.2, 0) is 0 Å². The second kappa shape index (κ2) is 6.08. The molecule has 1 aliphatic heterocycles. The maximum atomic E-state index is 5.83. The minimum absolute atomic E-state index is 0.284. The predicted molar refractivity (Wildman–Crippen MR) is 82.3 cm³/mol. The molecule has 21 heavy (non-hydrogen) atoms. The van der Waals surface area contributed by atoms with Crippen LogP contribution in [0.15, 0.2) is 42.5 Å². The zero-order valence-corrected chi connectivity index (χ0v) is 12.5. The van der Waals surface area contributed by atoms with Gasteiger partial charge in [0.25, 0.3) is 0 Å². The Hall–Kier alpha value is -2.16. The highest BCUT2D eigenvalue weighted by Crippen LogP contribution is 2.43. The fourth-order valence-electron chi connectivity index (χ4n) is 2.81. The molecule has 0 saturated heterocycles. The van der Waals surface area contributed by atoms with Crippen LogP contribution in [0.4, 0.5) is 0 Å². The lowest BCUT2D eigenvalue weighted by Gasteiger charge is -2.20. The maximum absolute atomic E-state index is 5.83. The molecule has 3 heteroatoms. The summed E-state index contributed by atoms with van der Waals surface area (Å²) in [5, 5.41) is 0. The van der Waals surface area contributed by atoms with Gasteiger partial charge in [-0.25, -0.2) is 0 Å². The summed E-state index contributed by atoms with van der Waals surface area (Å²) in [6.45, 7) is 5.11. The fraction of sp³-hybridized carbons (Fsp3) is 0.333. The van der Waals surface area contributed by atoms with Crippen LogP contribution in [0.3, 0.4) is 0 Å². The molecule has 2 aromatic rings. The van der Waals surface area contributed by atoms with Gasteiger partial charge in [-0.3, -0.25) is 0 Å². The first-order valence-corrected chi connectivity index (χ1v) is 7.44. The number of hydrogen-bond donors (Lipinski definition) is 0. The third-order valence-electron chi connectivity index (χ3n) is 3.79. The van der Waals surface area contributed by atoms with Crippen LogP contribution < -0.4 is 14.2 Å². The molecule has 110 valence electrons. The van der Waals surface area contributed by atoms with Crippen molar-refractivity contribution in [1.29, 1.82) is 0 Å². The Bertz CT molecular complexity index is 607. The molecule has 0 spiro atoms. The lowest BCUT2D eigenvalue weighted by molar-refractivity contribution is 0.173. The van der Waals surface area contributed by atoms with Crippen molar-refractivity contribution in [2.45, 2.75) is 26.2 Å². The summed E-state index contributed by atoms with van der Waals surface area (Å²) in [6.07, 6.45) is 1.00. The van der Waals surface area contributed by atoms with Crippen molar-refractivity contribution in [1.82, 2.24) is 0 Å². The molecule has 0 N–H and O–H groups in total. The topological polar surface area (TPSA) is 27.7 Å². The van der Waals surface area contributed by atoms with Gasteiger partial charge >= 0.3 is 0 Å². The first-order valence-electron chi connectivity index (χ1n) is 7.44. The largest absolute Gasteiger partial charge is 0.493 e. The molecular formula is C18H20O3. The first-order chi connectivity index (χ1) is 10.3. The highest BCUT2D eigenvalue weighted by molar-refractivity contribution is 5.54. The smallest absolute Gasteiger partial charge is 0.231 e. The maximum Gasteiger partial charge on any atom is 0.231 e. The summed E-state index contributed by atoms with van der Waals surface area (Å²) in [4.78, 5) is 0. The summed E-state index contributed by atoms with van der Waals surface area (Å²) in [5.74, 6) is 2.76. The van der Waals surface area contributed by atoms with Crippen LogP contribution in [0.1, 0.15) is 37.3 Å². The predicted octanol–water partition coefficient (Wildman–Crippen LogP) is 4.36. The molecule has 0 bridgehead atoms. The summed E-state index contributed by atoms with van der Waals surface area (Å²) < 4.78 is 16.8. The molecule has 1 heterocycles. The number of benzene rings is 2. The van der Waals surface area contributed by atoms with Crippen molar-refractivity contribution in [3.63, 3.8) is 0 Å². The zero-order chi connectivity index (χ0) is 14.7. The van der Waals surface area contributed by atoms with E-state index in [0.717, 1.165) is 29.2 Å². The number of fused-ring (bicyclic) bond motifs is 1. The monoisotopic (exact) mass is 284 g/mol. The summed E-state index contributed by atoms with van der Waals surface area (Å²) in [7, 11) is 0. The summed E-state index contributed by atoms with van der Waals surface area (Å²) in [5.41, 5.74) is 2.45. The van der Waals surface area contributed by atoms with Crippen molar-refractivity contribution in [2.75, 3.05) is 13.4 Å². The van der Waals surface area contributed by atoms with E-state index >= 15 is 0 Å². The van der Waals surface area contributed by atoms with Crippen LogP contribution in [-0.4, -0.2) is 13.4 Å². The average molecular weight is 284 g/mol. The molecule has 2 aromatic carbocycles. The van der Waals surface area contributed by atoms with Crippen LogP contribution in [0.2, 0.25) is 0 Å². The van der Waals surface area contributed by atoms with Crippen molar-refractivity contribution < 1.29 is 14.2 Å². The fourth-order valence-corrected chi connectivity index (χ4v) is 2.81. The number of ether oxygens (including phenoxy) is 3. The van der Waals surface area contributed by atoms with Gasteiger partial charge in [0.2, 0.25) is 6.79 Å². The molecular weight excluding hydrogens is 264 g/mol.